The van der Waals surface area contributed by atoms with Crippen molar-refractivity contribution >= 4 is 12.1 Å². The molecule has 0 radical (unpaired) electrons. The van der Waals surface area contributed by atoms with Crippen LogP contribution < -0.4 is 0 Å². The Morgan fingerprint density at radius 2 is 1.81 bits per heavy atom. The van der Waals surface area contributed by atoms with Gasteiger partial charge in [0.05, 0.1) is 0 Å². The van der Waals surface area contributed by atoms with Gasteiger partial charge < -0.3 is 4.79 Å². The van der Waals surface area contributed by atoms with Crippen LogP contribution in [0.4, 0.5) is 0 Å². The molecule has 0 aliphatic rings. The highest BCUT2D eigenvalue weighted by atomic mass is 16.1. The maximum atomic E-state index is 11.8. The van der Waals surface area contributed by atoms with Crippen LogP contribution in [0.5, 0.6) is 0 Å². The zero-order valence-electron chi connectivity index (χ0n) is 10.6. The van der Waals surface area contributed by atoms with Crippen molar-refractivity contribution in [1.29, 1.82) is 0 Å². The molecular weight excluding hydrogens is 200 g/mol. The lowest BCUT2D eigenvalue weighted by Gasteiger charge is -2.05. The maximum absolute atomic E-state index is 11.8. The summed E-state index contributed by atoms with van der Waals surface area (Å²) in [7, 11) is 0. The predicted molar refractivity (Wildman–Crippen MR) is 67.4 cm³/mol. The summed E-state index contributed by atoms with van der Waals surface area (Å²) >= 11 is 0. The van der Waals surface area contributed by atoms with Gasteiger partial charge in [0.1, 0.15) is 6.29 Å². The van der Waals surface area contributed by atoms with E-state index in [1.54, 1.807) is 0 Å². The molecule has 0 aromatic carbocycles. The molecule has 0 saturated heterocycles. The third-order valence-corrected chi connectivity index (χ3v) is 2.58. The van der Waals surface area contributed by atoms with E-state index < -0.39 is 0 Å². The molecule has 92 valence electrons. The minimum atomic E-state index is 0.279. The number of allylic oxidation sites excluding steroid dienone is 2. The first-order valence-corrected chi connectivity index (χ1v) is 6.42. The maximum Gasteiger partial charge on any atom is 0.158 e. The van der Waals surface area contributed by atoms with Gasteiger partial charge in [-0.2, -0.15) is 0 Å². The van der Waals surface area contributed by atoms with E-state index in [4.69, 9.17) is 0 Å². The molecule has 0 amide bonds. The first-order chi connectivity index (χ1) is 7.76. The molecule has 0 unspecified atom stereocenters. The molecule has 0 aromatic heterocycles. The lowest BCUT2D eigenvalue weighted by Crippen LogP contribution is -2.03. The molecule has 0 N–H and O–H groups in total. The highest BCUT2D eigenvalue weighted by Gasteiger charge is 2.08. The molecule has 0 atom stereocenters. The highest BCUT2D eigenvalue weighted by Crippen LogP contribution is 2.13. The third kappa shape index (κ3) is 7.38. The van der Waals surface area contributed by atoms with Crippen molar-refractivity contribution in [3.05, 3.63) is 11.6 Å². The Labute approximate surface area is 99.1 Å². The smallest absolute Gasteiger partial charge is 0.158 e. The summed E-state index contributed by atoms with van der Waals surface area (Å²) in [6.07, 6.45) is 9.88. The number of rotatable bonds is 10. The summed E-state index contributed by atoms with van der Waals surface area (Å²) in [6.45, 7) is 4.18. The van der Waals surface area contributed by atoms with Crippen LogP contribution in [0, 0.1) is 0 Å². The Morgan fingerprint density at radius 1 is 1.06 bits per heavy atom. The van der Waals surface area contributed by atoms with Gasteiger partial charge in [-0.25, -0.2) is 0 Å². The highest BCUT2D eigenvalue weighted by molar-refractivity contribution is 5.95. The van der Waals surface area contributed by atoms with Gasteiger partial charge in [0, 0.05) is 12.8 Å². The van der Waals surface area contributed by atoms with Gasteiger partial charge in [0.2, 0.25) is 0 Å². The van der Waals surface area contributed by atoms with E-state index in [9.17, 15) is 9.59 Å². The SMILES string of the molecule is CC/C=C(\CCCC=O)C(=O)CCCCC. The largest absolute Gasteiger partial charge is 0.303 e. The van der Waals surface area contributed by atoms with Crippen molar-refractivity contribution in [1.82, 2.24) is 0 Å². The third-order valence-electron chi connectivity index (χ3n) is 2.58. The van der Waals surface area contributed by atoms with Gasteiger partial charge in [-0.1, -0.05) is 32.8 Å². The molecule has 2 heteroatoms. The number of carbonyl (C=O) groups is 2. The van der Waals surface area contributed by atoms with E-state index in [1.165, 1.54) is 0 Å². The predicted octanol–water partition coefficient (Wildman–Crippen LogP) is 3.84. The number of unbranched alkanes of at least 4 members (excludes halogenated alkanes) is 3. The van der Waals surface area contributed by atoms with Crippen LogP contribution in [0.25, 0.3) is 0 Å². The molecule has 2 nitrogen and oxygen atoms in total. The van der Waals surface area contributed by atoms with Gasteiger partial charge >= 0.3 is 0 Å². The van der Waals surface area contributed by atoms with E-state index in [0.29, 0.717) is 12.8 Å². The fourth-order valence-corrected chi connectivity index (χ4v) is 1.67. The summed E-state index contributed by atoms with van der Waals surface area (Å²) < 4.78 is 0. The number of ketones is 1. The van der Waals surface area contributed by atoms with E-state index in [0.717, 1.165) is 50.4 Å². The molecule has 0 bridgehead atoms. The average Bonchev–Trinajstić information content (AvgIpc) is 2.28. The molecular formula is C14H24O2. The normalized spacial score (nSPS) is 11.5. The van der Waals surface area contributed by atoms with Crippen LogP contribution in [0.2, 0.25) is 0 Å². The van der Waals surface area contributed by atoms with Crippen molar-refractivity contribution in [3.8, 4) is 0 Å². The summed E-state index contributed by atoms with van der Waals surface area (Å²) in [5.41, 5.74) is 0.931. The fraction of sp³-hybridized carbons (Fsp3) is 0.714. The molecule has 16 heavy (non-hydrogen) atoms. The molecule has 0 saturated carbocycles. The molecule has 0 aliphatic carbocycles. The number of carbonyl (C=O) groups excluding carboxylic acids is 2. The van der Waals surface area contributed by atoms with Gasteiger partial charge in [0.15, 0.2) is 5.78 Å². The molecule has 0 rings (SSSR count). The van der Waals surface area contributed by atoms with E-state index in [-0.39, 0.29) is 5.78 Å². The van der Waals surface area contributed by atoms with Crippen LogP contribution in [-0.2, 0) is 9.59 Å². The van der Waals surface area contributed by atoms with Gasteiger partial charge in [-0.3, -0.25) is 4.79 Å². The standard InChI is InChI=1S/C14H24O2/c1-3-5-6-11-14(16)13(9-4-2)10-7-8-12-15/h9,12H,3-8,10-11H2,1-2H3/b13-9+. The number of hydrogen-bond donors (Lipinski definition) is 0. The topological polar surface area (TPSA) is 34.1 Å². The Bertz CT molecular complexity index is 229. The van der Waals surface area contributed by atoms with Crippen LogP contribution in [-0.4, -0.2) is 12.1 Å². The lowest BCUT2D eigenvalue weighted by atomic mass is 9.99. The van der Waals surface area contributed by atoms with Gasteiger partial charge in [-0.15, -0.1) is 0 Å². The molecule has 0 spiro atoms. The summed E-state index contributed by atoms with van der Waals surface area (Å²) in [5.74, 6) is 0.279. The van der Waals surface area contributed by atoms with Crippen molar-refractivity contribution in [3.63, 3.8) is 0 Å². The first-order valence-electron chi connectivity index (χ1n) is 6.42. The zero-order chi connectivity index (χ0) is 12.2. The quantitative estimate of drug-likeness (QED) is 0.321. The fourth-order valence-electron chi connectivity index (χ4n) is 1.67. The molecule has 0 aromatic rings. The Kier molecular flexibility index (Phi) is 9.98. The zero-order valence-corrected chi connectivity index (χ0v) is 10.6. The summed E-state index contributed by atoms with van der Waals surface area (Å²) in [6, 6.07) is 0. The monoisotopic (exact) mass is 224 g/mol. The van der Waals surface area contributed by atoms with E-state index >= 15 is 0 Å². The van der Waals surface area contributed by atoms with Gasteiger partial charge in [0.25, 0.3) is 0 Å². The van der Waals surface area contributed by atoms with Crippen molar-refractivity contribution in [2.24, 2.45) is 0 Å². The van der Waals surface area contributed by atoms with Crippen molar-refractivity contribution in [2.75, 3.05) is 0 Å². The van der Waals surface area contributed by atoms with E-state index in [1.807, 2.05) is 13.0 Å². The number of Topliss-reactive ketones (excluding diaryl/α,β-unsaturated/α-hetero) is 1. The Hall–Kier alpha value is -0.920. The second-order valence-corrected chi connectivity index (χ2v) is 4.08. The molecule has 0 fully saturated rings. The molecule has 0 aliphatic heterocycles. The van der Waals surface area contributed by atoms with Crippen molar-refractivity contribution < 1.29 is 9.59 Å². The second kappa shape index (κ2) is 10.6. The first kappa shape index (κ1) is 15.1. The minimum absolute atomic E-state index is 0.279. The van der Waals surface area contributed by atoms with Crippen molar-refractivity contribution in [2.45, 2.75) is 65.2 Å². The Balaban J connectivity index is 4.03. The minimum Gasteiger partial charge on any atom is -0.303 e. The number of aldehydes is 1. The van der Waals surface area contributed by atoms with Crippen LogP contribution in [0.15, 0.2) is 11.6 Å². The van der Waals surface area contributed by atoms with Gasteiger partial charge in [-0.05, 0) is 31.3 Å². The second-order valence-electron chi connectivity index (χ2n) is 4.08. The van der Waals surface area contributed by atoms with Crippen LogP contribution >= 0.6 is 0 Å². The Morgan fingerprint density at radius 3 is 2.38 bits per heavy atom. The summed E-state index contributed by atoms with van der Waals surface area (Å²) in [5, 5.41) is 0. The number of hydrogen-bond acceptors (Lipinski definition) is 2. The van der Waals surface area contributed by atoms with E-state index in [2.05, 4.69) is 6.92 Å². The summed E-state index contributed by atoms with van der Waals surface area (Å²) in [4.78, 5) is 22.1. The average molecular weight is 224 g/mol. The van der Waals surface area contributed by atoms with Crippen LogP contribution in [0.1, 0.15) is 65.2 Å². The van der Waals surface area contributed by atoms with Crippen LogP contribution in [0.3, 0.4) is 0 Å². The molecule has 0 heterocycles. The lowest BCUT2D eigenvalue weighted by molar-refractivity contribution is -0.116.